The van der Waals surface area contributed by atoms with Crippen molar-refractivity contribution in [1.82, 2.24) is 25.8 Å². The number of nitrogens with one attached hydrogen (secondary N) is 3. The lowest BCUT2D eigenvalue weighted by atomic mass is 9.80. The number of carbonyl (C=O) groups excluding carboxylic acids is 1. The number of thioether (sulfide) groups is 1. The Morgan fingerprint density at radius 2 is 1.80 bits per heavy atom. The van der Waals surface area contributed by atoms with Crippen LogP contribution in [0.4, 0.5) is 0 Å². The van der Waals surface area contributed by atoms with Gasteiger partial charge in [0.25, 0.3) is 0 Å². The predicted octanol–water partition coefficient (Wildman–Crippen LogP) is 1.50. The lowest BCUT2D eigenvalue weighted by Crippen LogP contribution is -2.56. The molecule has 0 bridgehead atoms. The van der Waals surface area contributed by atoms with Crippen LogP contribution in [0.3, 0.4) is 0 Å². The van der Waals surface area contributed by atoms with Crippen LogP contribution in [0, 0.1) is 0 Å². The van der Waals surface area contributed by atoms with Gasteiger partial charge in [-0.15, -0.1) is 0 Å². The van der Waals surface area contributed by atoms with E-state index >= 15 is 0 Å². The van der Waals surface area contributed by atoms with Crippen molar-refractivity contribution < 1.29 is 4.79 Å². The van der Waals surface area contributed by atoms with Gasteiger partial charge in [-0.25, -0.2) is 0 Å². The lowest BCUT2D eigenvalue weighted by Gasteiger charge is -2.47. The molecule has 2 saturated heterocycles. The molecule has 2 heterocycles. The molecule has 3 rings (SSSR count). The first kappa shape index (κ1) is 23.7. The molecule has 0 spiro atoms. The van der Waals surface area contributed by atoms with Crippen LogP contribution < -0.4 is 16.0 Å². The average Bonchev–Trinajstić information content (AvgIpc) is 2.80. The standard InChI is InChI=1S/C22H42N6OS/c1-3-24-21(26-19-7-11-27(12-8-19)17-20(29)23-2)25-18-22(9-5-4-6-10-22)28-13-15-30-16-14-28/h19H,3-18H2,1-2H3,(H,23,29)(H2,24,25,26). The van der Waals surface area contributed by atoms with Crippen molar-refractivity contribution in [3.05, 3.63) is 0 Å². The highest BCUT2D eigenvalue weighted by Gasteiger charge is 2.38. The predicted molar refractivity (Wildman–Crippen MR) is 127 cm³/mol. The van der Waals surface area contributed by atoms with Gasteiger partial charge in [-0.05, 0) is 32.6 Å². The highest BCUT2D eigenvalue weighted by Crippen LogP contribution is 2.35. The first-order valence-electron chi connectivity index (χ1n) is 12.0. The molecule has 0 aromatic rings. The molecule has 3 aliphatic rings. The zero-order valence-corrected chi connectivity index (χ0v) is 19.9. The number of aliphatic imine (C=N–C) groups is 1. The molecular formula is C22H42N6OS. The van der Waals surface area contributed by atoms with Crippen LogP contribution in [-0.4, -0.2) is 97.6 Å². The number of likely N-dealkylation sites (N-methyl/N-ethyl adjacent to an activating group) is 1. The van der Waals surface area contributed by atoms with Crippen molar-refractivity contribution in [2.75, 3.05) is 64.4 Å². The first-order chi connectivity index (χ1) is 14.6. The molecule has 0 atom stereocenters. The number of piperidine rings is 1. The Labute approximate surface area is 187 Å². The molecular weight excluding hydrogens is 396 g/mol. The third kappa shape index (κ3) is 6.76. The molecule has 0 aromatic carbocycles. The quantitative estimate of drug-likeness (QED) is 0.413. The Bertz CT molecular complexity index is 552. The van der Waals surface area contributed by atoms with E-state index < -0.39 is 0 Å². The number of carbonyl (C=O) groups is 1. The van der Waals surface area contributed by atoms with Crippen molar-refractivity contribution in [3.8, 4) is 0 Å². The van der Waals surface area contributed by atoms with Gasteiger partial charge in [-0.3, -0.25) is 19.6 Å². The monoisotopic (exact) mass is 438 g/mol. The third-order valence-electron chi connectivity index (χ3n) is 6.92. The number of amides is 1. The molecule has 0 aromatic heterocycles. The molecule has 3 fully saturated rings. The maximum Gasteiger partial charge on any atom is 0.233 e. The Hall–Kier alpha value is -0.990. The van der Waals surface area contributed by atoms with Gasteiger partial charge in [-0.2, -0.15) is 11.8 Å². The van der Waals surface area contributed by atoms with Crippen molar-refractivity contribution in [2.24, 2.45) is 4.99 Å². The maximum atomic E-state index is 11.6. The largest absolute Gasteiger partial charge is 0.358 e. The van der Waals surface area contributed by atoms with E-state index in [0.29, 0.717) is 12.6 Å². The van der Waals surface area contributed by atoms with Crippen molar-refractivity contribution >= 4 is 23.6 Å². The highest BCUT2D eigenvalue weighted by atomic mass is 32.2. The Morgan fingerprint density at radius 3 is 2.43 bits per heavy atom. The van der Waals surface area contributed by atoms with E-state index in [-0.39, 0.29) is 11.4 Å². The van der Waals surface area contributed by atoms with Crippen molar-refractivity contribution in [2.45, 2.75) is 63.5 Å². The van der Waals surface area contributed by atoms with Gasteiger partial charge in [0.2, 0.25) is 5.91 Å². The second kappa shape index (κ2) is 12.2. The van der Waals surface area contributed by atoms with E-state index in [1.54, 1.807) is 7.05 Å². The average molecular weight is 439 g/mol. The van der Waals surface area contributed by atoms with E-state index in [2.05, 4.69) is 44.4 Å². The van der Waals surface area contributed by atoms with Gasteiger partial charge < -0.3 is 16.0 Å². The Balaban J connectivity index is 1.57. The van der Waals surface area contributed by atoms with Gasteiger partial charge in [-0.1, -0.05) is 19.3 Å². The summed E-state index contributed by atoms with van der Waals surface area (Å²) in [7, 11) is 1.71. The molecule has 1 amide bonds. The van der Waals surface area contributed by atoms with Gasteiger partial charge >= 0.3 is 0 Å². The molecule has 7 nitrogen and oxygen atoms in total. The zero-order valence-electron chi connectivity index (χ0n) is 19.0. The zero-order chi connectivity index (χ0) is 21.2. The fourth-order valence-corrected chi connectivity index (χ4v) is 5.98. The maximum absolute atomic E-state index is 11.6. The van der Waals surface area contributed by atoms with Crippen LogP contribution in [-0.2, 0) is 4.79 Å². The third-order valence-corrected chi connectivity index (χ3v) is 7.86. The minimum Gasteiger partial charge on any atom is -0.358 e. The van der Waals surface area contributed by atoms with Gasteiger partial charge in [0.15, 0.2) is 5.96 Å². The summed E-state index contributed by atoms with van der Waals surface area (Å²) in [5, 5.41) is 9.89. The van der Waals surface area contributed by atoms with Crippen LogP contribution in [0.25, 0.3) is 0 Å². The smallest absolute Gasteiger partial charge is 0.233 e. The molecule has 30 heavy (non-hydrogen) atoms. The van der Waals surface area contributed by atoms with E-state index in [1.807, 2.05) is 0 Å². The SMILES string of the molecule is CCNC(=NCC1(N2CCSCC2)CCCCC1)NC1CCN(CC(=O)NC)CC1. The van der Waals surface area contributed by atoms with Crippen LogP contribution in [0.5, 0.6) is 0 Å². The van der Waals surface area contributed by atoms with E-state index in [9.17, 15) is 4.79 Å². The summed E-state index contributed by atoms with van der Waals surface area (Å²) < 4.78 is 0. The van der Waals surface area contributed by atoms with Gasteiger partial charge in [0.1, 0.15) is 0 Å². The Morgan fingerprint density at radius 1 is 1.10 bits per heavy atom. The van der Waals surface area contributed by atoms with Gasteiger partial charge in [0, 0.05) is 62.9 Å². The molecule has 0 unspecified atom stereocenters. The van der Waals surface area contributed by atoms with E-state index in [4.69, 9.17) is 4.99 Å². The summed E-state index contributed by atoms with van der Waals surface area (Å²) >= 11 is 2.09. The van der Waals surface area contributed by atoms with E-state index in [1.165, 1.54) is 56.7 Å². The molecule has 0 radical (unpaired) electrons. The molecule has 3 N–H and O–H groups in total. The second-order valence-corrected chi connectivity index (χ2v) is 10.2. The summed E-state index contributed by atoms with van der Waals surface area (Å²) in [6.07, 6.45) is 8.74. The van der Waals surface area contributed by atoms with Crippen molar-refractivity contribution in [1.29, 1.82) is 0 Å². The minimum absolute atomic E-state index is 0.102. The van der Waals surface area contributed by atoms with Crippen LogP contribution in [0.1, 0.15) is 51.9 Å². The second-order valence-electron chi connectivity index (χ2n) is 8.95. The topological polar surface area (TPSA) is 72.0 Å². The first-order valence-corrected chi connectivity index (χ1v) is 13.1. The van der Waals surface area contributed by atoms with Gasteiger partial charge in [0.05, 0.1) is 13.1 Å². The number of hydrogen-bond acceptors (Lipinski definition) is 5. The van der Waals surface area contributed by atoms with Crippen LogP contribution in [0.2, 0.25) is 0 Å². The summed E-state index contributed by atoms with van der Waals surface area (Å²) in [6.45, 7) is 8.79. The minimum atomic E-state index is 0.102. The normalized spacial score (nSPS) is 24.4. The summed E-state index contributed by atoms with van der Waals surface area (Å²) in [5.41, 5.74) is 0.262. The van der Waals surface area contributed by atoms with Crippen LogP contribution >= 0.6 is 11.8 Å². The van der Waals surface area contributed by atoms with E-state index in [0.717, 1.165) is 45.0 Å². The number of likely N-dealkylation sites (tertiary alicyclic amines) is 1. The molecule has 172 valence electrons. The number of hydrogen-bond donors (Lipinski definition) is 3. The molecule has 1 saturated carbocycles. The molecule has 2 aliphatic heterocycles. The van der Waals surface area contributed by atoms with Crippen LogP contribution in [0.15, 0.2) is 4.99 Å². The molecule has 1 aliphatic carbocycles. The summed E-state index contributed by atoms with van der Waals surface area (Å²) in [4.78, 5) is 21.7. The number of rotatable bonds is 7. The lowest BCUT2D eigenvalue weighted by molar-refractivity contribution is -0.122. The number of nitrogens with zero attached hydrogens (tertiary/aromatic N) is 3. The summed E-state index contributed by atoms with van der Waals surface area (Å²) in [5.74, 6) is 3.60. The Kier molecular flexibility index (Phi) is 9.59. The van der Waals surface area contributed by atoms with Crippen molar-refractivity contribution in [3.63, 3.8) is 0 Å². The fourth-order valence-electron chi connectivity index (χ4n) is 5.08. The summed E-state index contributed by atoms with van der Waals surface area (Å²) in [6, 6.07) is 0.428. The highest BCUT2D eigenvalue weighted by molar-refractivity contribution is 7.99. The fraction of sp³-hybridized carbons (Fsp3) is 0.909. The number of guanidine groups is 1. The molecule has 8 heteroatoms.